The summed E-state index contributed by atoms with van der Waals surface area (Å²) >= 11 is 3.15. The average Bonchev–Trinajstić information content (AvgIpc) is 2.73. The van der Waals surface area contributed by atoms with Crippen LogP contribution < -0.4 is 10.0 Å². The Balaban J connectivity index is 2.27. The molecule has 1 unspecified atom stereocenters. The van der Waals surface area contributed by atoms with Crippen molar-refractivity contribution in [1.82, 2.24) is 4.72 Å². The molecule has 3 N–H and O–H groups in total. The average molecular weight is 377 g/mol. The van der Waals surface area contributed by atoms with Crippen molar-refractivity contribution in [1.29, 1.82) is 0 Å². The van der Waals surface area contributed by atoms with Crippen LogP contribution in [0, 0.1) is 5.92 Å². The van der Waals surface area contributed by atoms with Crippen LogP contribution in [-0.4, -0.2) is 31.9 Å². The Morgan fingerprint density at radius 3 is 2.81 bits per heavy atom. The Morgan fingerprint density at radius 1 is 1.52 bits per heavy atom. The predicted octanol–water partition coefficient (Wildman–Crippen LogP) is 0.943. The number of nitrogens with one attached hydrogen (secondary N) is 2. The fourth-order valence-electron chi connectivity index (χ4n) is 1.83. The van der Waals surface area contributed by atoms with Crippen molar-refractivity contribution in [2.45, 2.75) is 18.2 Å². The van der Waals surface area contributed by atoms with E-state index >= 15 is 0 Å². The number of hydrogen-bond donors (Lipinski definition) is 3. The topological polar surface area (TPSA) is 113 Å². The van der Waals surface area contributed by atoms with E-state index in [0.29, 0.717) is 15.7 Å². The van der Waals surface area contributed by atoms with E-state index in [4.69, 9.17) is 5.11 Å². The van der Waals surface area contributed by atoms with Crippen molar-refractivity contribution in [3.05, 3.63) is 22.2 Å². The normalized spacial score (nSPS) is 15.4. The van der Waals surface area contributed by atoms with E-state index in [2.05, 4.69) is 26.0 Å². The van der Waals surface area contributed by atoms with E-state index in [1.54, 1.807) is 0 Å². The highest BCUT2D eigenvalue weighted by Crippen LogP contribution is 2.32. The summed E-state index contributed by atoms with van der Waals surface area (Å²) in [4.78, 5) is 22.0. The molecule has 0 saturated carbocycles. The number of carboxylic acids is 1. The molecular weight excluding hydrogens is 364 g/mol. The first-order chi connectivity index (χ1) is 9.70. The molecule has 0 radical (unpaired) electrons. The Bertz CT molecular complexity index is 717. The summed E-state index contributed by atoms with van der Waals surface area (Å²) in [5, 5.41) is 11.4. The highest BCUT2D eigenvalue weighted by Gasteiger charge is 2.25. The minimum Gasteiger partial charge on any atom is -0.481 e. The van der Waals surface area contributed by atoms with E-state index in [1.165, 1.54) is 19.1 Å². The van der Waals surface area contributed by atoms with Crippen LogP contribution in [0.5, 0.6) is 0 Å². The molecule has 9 heteroatoms. The second-order valence-electron chi connectivity index (χ2n) is 4.76. The number of hydrogen-bond acceptors (Lipinski definition) is 4. The lowest BCUT2D eigenvalue weighted by Crippen LogP contribution is -2.31. The highest BCUT2D eigenvalue weighted by atomic mass is 79.9. The minimum absolute atomic E-state index is 0.0182. The molecule has 2 rings (SSSR count). The number of carbonyl (C=O) groups excluding carboxylic acids is 1. The number of sulfonamides is 1. The van der Waals surface area contributed by atoms with Gasteiger partial charge in [0, 0.05) is 16.7 Å². The van der Waals surface area contributed by atoms with Crippen LogP contribution in [0.4, 0.5) is 5.69 Å². The molecule has 1 aromatic rings. The molecule has 0 aromatic heterocycles. The van der Waals surface area contributed by atoms with Gasteiger partial charge in [-0.15, -0.1) is 0 Å². The summed E-state index contributed by atoms with van der Waals surface area (Å²) in [5.74, 6) is -2.12. The van der Waals surface area contributed by atoms with E-state index in [9.17, 15) is 18.0 Å². The third kappa shape index (κ3) is 3.42. The number of aliphatic carboxylic acids is 1. The number of rotatable bonds is 5. The second kappa shape index (κ2) is 5.74. The lowest BCUT2D eigenvalue weighted by atomic mass is 10.2. The van der Waals surface area contributed by atoms with Crippen LogP contribution in [0.2, 0.25) is 0 Å². The Morgan fingerprint density at radius 2 is 2.19 bits per heavy atom. The van der Waals surface area contributed by atoms with Crippen LogP contribution in [0.3, 0.4) is 0 Å². The van der Waals surface area contributed by atoms with Crippen molar-refractivity contribution in [2.24, 2.45) is 5.92 Å². The standard InChI is InChI=1S/C12H13BrN2O5S/c1-6(12(17)18)5-14-21(19,20)10-2-7-3-11(16)15-9(7)4-8(10)13/h2,4,6,14H,3,5H2,1H3,(H,15,16)(H,17,18). The quantitative estimate of drug-likeness (QED) is 0.707. The molecule has 1 amide bonds. The molecular formula is C12H13BrN2O5S. The van der Waals surface area contributed by atoms with E-state index in [0.717, 1.165) is 0 Å². The largest absolute Gasteiger partial charge is 0.481 e. The molecule has 1 atom stereocenters. The summed E-state index contributed by atoms with van der Waals surface area (Å²) in [6.07, 6.45) is 0.122. The number of anilines is 1. The number of amides is 1. The van der Waals surface area contributed by atoms with Crippen LogP contribution in [0.1, 0.15) is 12.5 Å². The fourth-order valence-corrected chi connectivity index (χ4v) is 4.05. The third-order valence-electron chi connectivity index (χ3n) is 3.07. The maximum absolute atomic E-state index is 12.2. The van der Waals surface area contributed by atoms with Gasteiger partial charge in [-0.2, -0.15) is 0 Å². The number of halogens is 1. The summed E-state index contributed by atoms with van der Waals surface area (Å²) < 4.78 is 27.0. The first kappa shape index (κ1) is 15.9. The Kier molecular flexibility index (Phi) is 4.35. The van der Waals surface area contributed by atoms with E-state index < -0.39 is 21.9 Å². The Hall–Kier alpha value is -1.45. The zero-order chi connectivity index (χ0) is 15.8. The molecule has 0 spiro atoms. The van der Waals surface area contributed by atoms with Crippen molar-refractivity contribution in [3.63, 3.8) is 0 Å². The molecule has 1 aliphatic rings. The molecule has 1 aromatic carbocycles. The van der Waals surface area contributed by atoms with Gasteiger partial charge in [-0.05, 0) is 33.6 Å². The minimum atomic E-state index is -3.86. The predicted molar refractivity (Wildman–Crippen MR) is 78.5 cm³/mol. The molecule has 21 heavy (non-hydrogen) atoms. The fraction of sp³-hybridized carbons (Fsp3) is 0.333. The Labute approximate surface area is 129 Å². The van der Waals surface area contributed by atoms with Crippen LogP contribution in [0.25, 0.3) is 0 Å². The van der Waals surface area contributed by atoms with Gasteiger partial charge < -0.3 is 10.4 Å². The molecule has 1 heterocycles. The van der Waals surface area contributed by atoms with Gasteiger partial charge in [-0.3, -0.25) is 9.59 Å². The zero-order valence-electron chi connectivity index (χ0n) is 11.0. The van der Waals surface area contributed by atoms with Gasteiger partial charge in [-0.1, -0.05) is 6.92 Å². The van der Waals surface area contributed by atoms with Crippen molar-refractivity contribution in [3.8, 4) is 0 Å². The molecule has 0 fully saturated rings. The molecule has 1 aliphatic heterocycles. The number of carboxylic acid groups (broad SMARTS) is 1. The molecule has 0 saturated heterocycles. The first-order valence-electron chi connectivity index (χ1n) is 6.05. The molecule has 7 nitrogen and oxygen atoms in total. The molecule has 114 valence electrons. The van der Waals surface area contributed by atoms with Gasteiger partial charge in [0.2, 0.25) is 15.9 Å². The lowest BCUT2D eigenvalue weighted by molar-refractivity contribution is -0.140. The van der Waals surface area contributed by atoms with Crippen LogP contribution >= 0.6 is 15.9 Å². The van der Waals surface area contributed by atoms with Crippen molar-refractivity contribution < 1.29 is 23.1 Å². The van der Waals surface area contributed by atoms with Gasteiger partial charge in [-0.25, -0.2) is 13.1 Å². The van der Waals surface area contributed by atoms with E-state index in [-0.39, 0.29) is 23.8 Å². The summed E-state index contributed by atoms with van der Waals surface area (Å²) in [7, 11) is -3.86. The number of fused-ring (bicyclic) bond motifs is 1. The SMILES string of the molecule is CC(CNS(=O)(=O)c1cc2c(cc1Br)NC(=O)C2)C(=O)O. The zero-order valence-corrected chi connectivity index (χ0v) is 13.4. The summed E-state index contributed by atoms with van der Waals surface area (Å²) in [6, 6.07) is 2.93. The monoisotopic (exact) mass is 376 g/mol. The smallest absolute Gasteiger partial charge is 0.307 e. The van der Waals surface area contributed by atoms with Gasteiger partial charge in [0.25, 0.3) is 0 Å². The van der Waals surface area contributed by atoms with Crippen molar-refractivity contribution >= 4 is 43.5 Å². The van der Waals surface area contributed by atoms with Crippen molar-refractivity contribution in [2.75, 3.05) is 11.9 Å². The van der Waals surface area contributed by atoms with E-state index in [1.807, 2.05) is 0 Å². The number of benzene rings is 1. The lowest BCUT2D eigenvalue weighted by Gasteiger charge is -2.12. The van der Waals surface area contributed by atoms with Gasteiger partial charge >= 0.3 is 5.97 Å². The second-order valence-corrected chi connectivity index (χ2v) is 7.35. The first-order valence-corrected chi connectivity index (χ1v) is 8.33. The molecule has 0 aliphatic carbocycles. The summed E-state index contributed by atoms with van der Waals surface area (Å²) in [6.45, 7) is 1.20. The summed E-state index contributed by atoms with van der Waals surface area (Å²) in [5.41, 5.74) is 1.17. The van der Waals surface area contributed by atoms with Gasteiger partial charge in [0.1, 0.15) is 0 Å². The number of carbonyl (C=O) groups is 2. The van der Waals surface area contributed by atoms with Gasteiger partial charge in [0.15, 0.2) is 0 Å². The van der Waals surface area contributed by atoms with Crippen LogP contribution in [-0.2, 0) is 26.0 Å². The molecule has 0 bridgehead atoms. The van der Waals surface area contributed by atoms with Gasteiger partial charge in [0.05, 0.1) is 17.2 Å². The maximum atomic E-state index is 12.2. The maximum Gasteiger partial charge on any atom is 0.307 e. The highest BCUT2D eigenvalue weighted by molar-refractivity contribution is 9.10. The third-order valence-corrected chi connectivity index (χ3v) is 5.46. The van der Waals surface area contributed by atoms with Crippen LogP contribution in [0.15, 0.2) is 21.5 Å².